The molecule has 4 aromatic rings. The SMILES string of the molecule is O=c1c2ccccc2oc2ccc(-c3cccc(Cl)c3)cc12. The third kappa shape index (κ3) is 2.09. The number of halogens is 1. The standard InChI is InChI=1S/C19H11ClO2/c20-14-5-3-4-12(10-14)13-8-9-18-16(11-13)19(21)15-6-1-2-7-17(15)22-18/h1-11H. The molecule has 2 nitrogen and oxygen atoms in total. The van der Waals surface area contributed by atoms with Crippen molar-refractivity contribution in [1.82, 2.24) is 0 Å². The lowest BCUT2D eigenvalue weighted by Crippen LogP contribution is -2.01. The summed E-state index contributed by atoms with van der Waals surface area (Å²) in [6, 6.07) is 20.5. The maximum absolute atomic E-state index is 12.7. The Bertz CT molecular complexity index is 1060. The number of fused-ring (bicyclic) bond motifs is 2. The maximum Gasteiger partial charge on any atom is 0.200 e. The first kappa shape index (κ1) is 13.1. The van der Waals surface area contributed by atoms with E-state index in [1.807, 2.05) is 54.6 Å². The Morgan fingerprint density at radius 1 is 0.727 bits per heavy atom. The number of hydrogen-bond acceptors (Lipinski definition) is 2. The van der Waals surface area contributed by atoms with Gasteiger partial charge in [0.15, 0.2) is 0 Å². The van der Waals surface area contributed by atoms with E-state index in [1.165, 1.54) is 0 Å². The summed E-state index contributed by atoms with van der Waals surface area (Å²) in [5.74, 6) is 0. The molecule has 0 amide bonds. The average Bonchev–Trinajstić information content (AvgIpc) is 2.55. The van der Waals surface area contributed by atoms with Crippen LogP contribution in [0.3, 0.4) is 0 Å². The molecule has 1 heterocycles. The van der Waals surface area contributed by atoms with Crippen LogP contribution in [0.1, 0.15) is 0 Å². The van der Waals surface area contributed by atoms with E-state index in [0.29, 0.717) is 27.0 Å². The molecule has 0 saturated carbocycles. The molecule has 0 saturated heterocycles. The molecule has 106 valence electrons. The highest BCUT2D eigenvalue weighted by molar-refractivity contribution is 6.30. The van der Waals surface area contributed by atoms with Crippen molar-refractivity contribution in [1.29, 1.82) is 0 Å². The second-order valence-electron chi connectivity index (χ2n) is 5.15. The summed E-state index contributed by atoms with van der Waals surface area (Å²) in [7, 11) is 0. The van der Waals surface area contributed by atoms with E-state index in [0.717, 1.165) is 11.1 Å². The van der Waals surface area contributed by atoms with Crippen LogP contribution in [0.4, 0.5) is 0 Å². The quantitative estimate of drug-likeness (QED) is 0.449. The molecule has 0 N–H and O–H groups in total. The van der Waals surface area contributed by atoms with Gasteiger partial charge in [-0.25, -0.2) is 0 Å². The Morgan fingerprint density at radius 2 is 1.50 bits per heavy atom. The van der Waals surface area contributed by atoms with Crippen LogP contribution < -0.4 is 5.43 Å². The normalized spacial score (nSPS) is 11.1. The Morgan fingerprint density at radius 3 is 2.36 bits per heavy atom. The topological polar surface area (TPSA) is 30.2 Å². The zero-order valence-electron chi connectivity index (χ0n) is 11.5. The summed E-state index contributed by atoms with van der Waals surface area (Å²) in [5, 5.41) is 1.84. The van der Waals surface area contributed by atoms with Gasteiger partial charge in [-0.3, -0.25) is 4.79 Å². The molecule has 0 atom stereocenters. The number of benzene rings is 3. The van der Waals surface area contributed by atoms with Crippen LogP contribution >= 0.6 is 11.6 Å². The molecule has 3 heteroatoms. The van der Waals surface area contributed by atoms with E-state index in [9.17, 15) is 4.79 Å². The predicted molar refractivity (Wildman–Crippen MR) is 90.4 cm³/mol. The smallest absolute Gasteiger partial charge is 0.200 e. The minimum absolute atomic E-state index is 0.0132. The van der Waals surface area contributed by atoms with E-state index >= 15 is 0 Å². The second kappa shape index (κ2) is 5.00. The molecular weight excluding hydrogens is 296 g/mol. The lowest BCUT2D eigenvalue weighted by Gasteiger charge is -2.05. The molecule has 3 aromatic carbocycles. The minimum atomic E-state index is -0.0132. The number of hydrogen-bond donors (Lipinski definition) is 0. The van der Waals surface area contributed by atoms with E-state index < -0.39 is 0 Å². The molecule has 1 aromatic heterocycles. The molecule has 0 spiro atoms. The molecule has 0 fully saturated rings. The first-order chi connectivity index (χ1) is 10.7. The van der Waals surface area contributed by atoms with Crippen LogP contribution in [0.5, 0.6) is 0 Å². The molecule has 22 heavy (non-hydrogen) atoms. The highest BCUT2D eigenvalue weighted by Crippen LogP contribution is 2.26. The van der Waals surface area contributed by atoms with Crippen LogP contribution in [-0.4, -0.2) is 0 Å². The molecule has 0 unspecified atom stereocenters. The van der Waals surface area contributed by atoms with Crippen LogP contribution in [-0.2, 0) is 0 Å². The molecule has 0 aliphatic carbocycles. The van der Waals surface area contributed by atoms with Gasteiger partial charge < -0.3 is 4.42 Å². The monoisotopic (exact) mass is 306 g/mol. The second-order valence-corrected chi connectivity index (χ2v) is 5.59. The lowest BCUT2D eigenvalue weighted by atomic mass is 10.0. The summed E-state index contributed by atoms with van der Waals surface area (Å²) in [6.07, 6.45) is 0. The zero-order chi connectivity index (χ0) is 15.1. The van der Waals surface area contributed by atoms with Crippen molar-refractivity contribution in [2.24, 2.45) is 0 Å². The van der Waals surface area contributed by atoms with E-state index in [1.54, 1.807) is 12.1 Å². The molecule has 0 aliphatic rings. The van der Waals surface area contributed by atoms with Crippen molar-refractivity contribution in [3.63, 3.8) is 0 Å². The van der Waals surface area contributed by atoms with Crippen LogP contribution in [0, 0.1) is 0 Å². The minimum Gasteiger partial charge on any atom is -0.456 e. The van der Waals surface area contributed by atoms with Gasteiger partial charge >= 0.3 is 0 Å². The third-order valence-corrected chi connectivity index (χ3v) is 3.97. The van der Waals surface area contributed by atoms with Crippen molar-refractivity contribution in [3.8, 4) is 11.1 Å². The van der Waals surface area contributed by atoms with Crippen LogP contribution in [0.2, 0.25) is 5.02 Å². The Labute approximate surface area is 131 Å². The summed E-state index contributed by atoms with van der Waals surface area (Å²) in [4.78, 5) is 12.7. The fraction of sp³-hybridized carbons (Fsp3) is 0. The van der Waals surface area contributed by atoms with Gasteiger partial charge in [0.25, 0.3) is 0 Å². The van der Waals surface area contributed by atoms with E-state index in [-0.39, 0.29) is 5.43 Å². The first-order valence-corrected chi connectivity index (χ1v) is 7.32. The number of para-hydroxylation sites is 1. The number of rotatable bonds is 1. The summed E-state index contributed by atoms with van der Waals surface area (Å²) in [5.41, 5.74) is 3.10. The van der Waals surface area contributed by atoms with E-state index in [2.05, 4.69) is 0 Å². The van der Waals surface area contributed by atoms with Gasteiger partial charge in [0, 0.05) is 5.02 Å². The lowest BCUT2D eigenvalue weighted by molar-refractivity contribution is 0.660. The summed E-state index contributed by atoms with van der Waals surface area (Å²) >= 11 is 6.04. The average molecular weight is 307 g/mol. The van der Waals surface area contributed by atoms with Crippen molar-refractivity contribution in [2.75, 3.05) is 0 Å². The van der Waals surface area contributed by atoms with Gasteiger partial charge in [-0.15, -0.1) is 0 Å². The maximum atomic E-state index is 12.7. The zero-order valence-corrected chi connectivity index (χ0v) is 12.3. The van der Waals surface area contributed by atoms with Gasteiger partial charge in [-0.05, 0) is 47.5 Å². The fourth-order valence-electron chi connectivity index (χ4n) is 2.65. The largest absolute Gasteiger partial charge is 0.456 e. The first-order valence-electron chi connectivity index (χ1n) is 6.94. The van der Waals surface area contributed by atoms with E-state index in [4.69, 9.17) is 16.0 Å². The van der Waals surface area contributed by atoms with Crippen LogP contribution in [0.15, 0.2) is 75.9 Å². The summed E-state index contributed by atoms with van der Waals surface area (Å²) in [6.45, 7) is 0. The van der Waals surface area contributed by atoms with Crippen molar-refractivity contribution in [2.45, 2.75) is 0 Å². The molecular formula is C19H11ClO2. The van der Waals surface area contributed by atoms with Crippen LogP contribution in [0.25, 0.3) is 33.1 Å². The van der Waals surface area contributed by atoms with Gasteiger partial charge in [-0.1, -0.05) is 41.9 Å². The molecule has 0 bridgehead atoms. The Kier molecular flexibility index (Phi) is 2.98. The van der Waals surface area contributed by atoms with Gasteiger partial charge in [0.2, 0.25) is 5.43 Å². The highest BCUT2D eigenvalue weighted by Gasteiger charge is 2.08. The predicted octanol–water partition coefficient (Wildman–Crippen LogP) is 5.27. The van der Waals surface area contributed by atoms with Crippen molar-refractivity contribution >= 4 is 33.5 Å². The molecule has 0 radical (unpaired) electrons. The Balaban J connectivity index is 2.03. The highest BCUT2D eigenvalue weighted by atomic mass is 35.5. The fourth-order valence-corrected chi connectivity index (χ4v) is 2.84. The van der Waals surface area contributed by atoms with Gasteiger partial charge in [0.05, 0.1) is 10.8 Å². The molecule has 4 rings (SSSR count). The molecule has 0 aliphatic heterocycles. The Hall–Kier alpha value is -2.58. The summed E-state index contributed by atoms with van der Waals surface area (Å²) < 4.78 is 5.82. The third-order valence-electron chi connectivity index (χ3n) is 3.73. The van der Waals surface area contributed by atoms with Gasteiger partial charge in [0.1, 0.15) is 11.2 Å². The van der Waals surface area contributed by atoms with Gasteiger partial charge in [-0.2, -0.15) is 0 Å². The van der Waals surface area contributed by atoms with Crippen molar-refractivity contribution < 1.29 is 4.42 Å². The van der Waals surface area contributed by atoms with Crippen molar-refractivity contribution in [3.05, 3.63) is 82.0 Å².